The van der Waals surface area contributed by atoms with E-state index in [9.17, 15) is 9.59 Å². The Morgan fingerprint density at radius 2 is 2.29 bits per heavy atom. The predicted molar refractivity (Wildman–Crippen MR) is 61.4 cm³/mol. The molecule has 0 saturated carbocycles. The van der Waals surface area contributed by atoms with Gasteiger partial charge in [-0.25, -0.2) is 0 Å². The summed E-state index contributed by atoms with van der Waals surface area (Å²) in [6.07, 6.45) is 0.383. The SMILES string of the molecule is CN1C(=O)CC(N(C)CC2CNCCO2)C1=O. The molecule has 2 amide bonds. The van der Waals surface area contributed by atoms with Gasteiger partial charge in [0.1, 0.15) is 0 Å². The minimum atomic E-state index is -0.321. The molecule has 17 heavy (non-hydrogen) atoms. The molecule has 0 bridgehead atoms. The number of likely N-dealkylation sites (tertiary alicyclic amines) is 1. The van der Waals surface area contributed by atoms with Gasteiger partial charge in [0.25, 0.3) is 0 Å². The summed E-state index contributed by atoms with van der Waals surface area (Å²) in [4.78, 5) is 26.4. The predicted octanol–water partition coefficient (Wildman–Crippen LogP) is -1.34. The monoisotopic (exact) mass is 241 g/mol. The van der Waals surface area contributed by atoms with Crippen LogP contribution in [0, 0.1) is 0 Å². The molecule has 0 aliphatic carbocycles. The lowest BCUT2D eigenvalue weighted by molar-refractivity contribution is -0.138. The summed E-state index contributed by atoms with van der Waals surface area (Å²) in [6, 6.07) is -0.321. The number of nitrogens with zero attached hydrogens (tertiary/aromatic N) is 2. The van der Waals surface area contributed by atoms with E-state index in [1.165, 1.54) is 11.9 Å². The van der Waals surface area contributed by atoms with Crippen molar-refractivity contribution in [3.8, 4) is 0 Å². The molecule has 2 heterocycles. The molecule has 2 fully saturated rings. The van der Waals surface area contributed by atoms with Gasteiger partial charge >= 0.3 is 0 Å². The summed E-state index contributed by atoms with van der Waals surface area (Å²) in [7, 11) is 3.41. The first kappa shape index (κ1) is 12.5. The van der Waals surface area contributed by atoms with Gasteiger partial charge < -0.3 is 10.1 Å². The summed E-state index contributed by atoms with van der Waals surface area (Å²) in [5, 5.41) is 3.25. The van der Waals surface area contributed by atoms with E-state index in [-0.39, 0.29) is 30.4 Å². The zero-order valence-corrected chi connectivity index (χ0v) is 10.3. The molecule has 6 heteroatoms. The summed E-state index contributed by atoms with van der Waals surface area (Å²) in [5.74, 6) is -0.212. The third-order valence-corrected chi connectivity index (χ3v) is 3.39. The van der Waals surface area contributed by atoms with E-state index in [0.29, 0.717) is 13.2 Å². The minimum Gasteiger partial charge on any atom is -0.374 e. The van der Waals surface area contributed by atoms with Gasteiger partial charge in [-0.1, -0.05) is 0 Å². The first-order valence-corrected chi connectivity index (χ1v) is 5.92. The fourth-order valence-electron chi connectivity index (χ4n) is 2.27. The molecule has 0 aromatic rings. The van der Waals surface area contributed by atoms with Crippen molar-refractivity contribution in [2.24, 2.45) is 0 Å². The molecule has 0 radical (unpaired) electrons. The molecular formula is C11H19N3O3. The minimum absolute atomic E-state index is 0.0996. The average molecular weight is 241 g/mol. The third-order valence-electron chi connectivity index (χ3n) is 3.39. The number of morpholine rings is 1. The van der Waals surface area contributed by atoms with Crippen LogP contribution >= 0.6 is 0 Å². The number of carbonyl (C=O) groups excluding carboxylic acids is 2. The van der Waals surface area contributed by atoms with E-state index in [4.69, 9.17) is 4.74 Å². The van der Waals surface area contributed by atoms with Gasteiger partial charge in [-0.3, -0.25) is 19.4 Å². The maximum atomic E-state index is 11.8. The van der Waals surface area contributed by atoms with E-state index in [0.717, 1.165) is 13.1 Å². The number of ether oxygens (including phenoxy) is 1. The van der Waals surface area contributed by atoms with Crippen LogP contribution in [0.5, 0.6) is 0 Å². The van der Waals surface area contributed by atoms with E-state index >= 15 is 0 Å². The summed E-state index contributed by atoms with van der Waals surface area (Å²) >= 11 is 0. The van der Waals surface area contributed by atoms with E-state index < -0.39 is 0 Å². The van der Waals surface area contributed by atoms with Crippen molar-refractivity contribution in [3.63, 3.8) is 0 Å². The number of rotatable bonds is 3. The number of hydrogen-bond acceptors (Lipinski definition) is 5. The number of hydrogen-bond donors (Lipinski definition) is 1. The molecule has 2 atom stereocenters. The van der Waals surface area contributed by atoms with Crippen LogP contribution in [0.1, 0.15) is 6.42 Å². The number of likely N-dealkylation sites (N-methyl/N-ethyl adjacent to an activating group) is 2. The van der Waals surface area contributed by atoms with Crippen molar-refractivity contribution < 1.29 is 14.3 Å². The standard InChI is InChI=1S/C11H19N3O3/c1-13(7-8-6-12-3-4-17-8)9-5-10(15)14(2)11(9)16/h8-9,12H,3-7H2,1-2H3. The Labute approximate surface area is 101 Å². The molecular weight excluding hydrogens is 222 g/mol. The van der Waals surface area contributed by atoms with Gasteiger partial charge in [0, 0.05) is 26.7 Å². The lowest BCUT2D eigenvalue weighted by Crippen LogP contribution is -2.48. The first-order valence-electron chi connectivity index (χ1n) is 5.92. The summed E-state index contributed by atoms with van der Waals surface area (Å²) in [6.45, 7) is 3.05. The molecule has 0 aromatic carbocycles. The molecule has 2 unspecified atom stereocenters. The molecule has 0 spiro atoms. The lowest BCUT2D eigenvalue weighted by Gasteiger charge is -2.30. The van der Waals surface area contributed by atoms with Crippen LogP contribution in [-0.4, -0.2) is 74.1 Å². The van der Waals surface area contributed by atoms with Gasteiger partial charge in [0.05, 0.1) is 25.2 Å². The zero-order valence-electron chi connectivity index (χ0n) is 10.3. The van der Waals surface area contributed by atoms with Gasteiger partial charge in [-0.2, -0.15) is 0 Å². The topological polar surface area (TPSA) is 61.9 Å². The van der Waals surface area contributed by atoms with E-state index in [1.807, 2.05) is 11.9 Å². The Morgan fingerprint density at radius 1 is 1.53 bits per heavy atom. The van der Waals surface area contributed by atoms with Crippen LogP contribution in [0.15, 0.2) is 0 Å². The Balaban J connectivity index is 1.89. The third kappa shape index (κ3) is 2.65. The summed E-state index contributed by atoms with van der Waals surface area (Å²) < 4.78 is 5.58. The Morgan fingerprint density at radius 3 is 2.82 bits per heavy atom. The highest BCUT2D eigenvalue weighted by Crippen LogP contribution is 2.16. The van der Waals surface area contributed by atoms with Gasteiger partial charge in [0.2, 0.25) is 11.8 Å². The molecule has 6 nitrogen and oxygen atoms in total. The fraction of sp³-hybridized carbons (Fsp3) is 0.818. The Bertz CT molecular complexity index is 315. The van der Waals surface area contributed by atoms with Crippen molar-refractivity contribution in [2.75, 3.05) is 40.3 Å². The van der Waals surface area contributed by atoms with Crippen LogP contribution < -0.4 is 5.32 Å². The summed E-state index contributed by atoms with van der Waals surface area (Å²) in [5.41, 5.74) is 0. The van der Waals surface area contributed by atoms with E-state index in [2.05, 4.69) is 5.32 Å². The van der Waals surface area contributed by atoms with Crippen LogP contribution in [0.2, 0.25) is 0 Å². The van der Waals surface area contributed by atoms with Crippen molar-refractivity contribution in [1.82, 2.24) is 15.1 Å². The van der Waals surface area contributed by atoms with Crippen LogP contribution in [-0.2, 0) is 14.3 Å². The van der Waals surface area contributed by atoms with Gasteiger partial charge in [0.15, 0.2) is 0 Å². The largest absolute Gasteiger partial charge is 0.374 e. The Kier molecular flexibility index (Phi) is 3.76. The maximum Gasteiger partial charge on any atom is 0.246 e. The average Bonchev–Trinajstić information content (AvgIpc) is 2.58. The van der Waals surface area contributed by atoms with Gasteiger partial charge in [-0.05, 0) is 7.05 Å². The van der Waals surface area contributed by atoms with Crippen molar-refractivity contribution in [2.45, 2.75) is 18.6 Å². The van der Waals surface area contributed by atoms with Crippen LogP contribution in [0.4, 0.5) is 0 Å². The second-order valence-electron chi connectivity index (χ2n) is 4.65. The number of carbonyl (C=O) groups is 2. The Hall–Kier alpha value is -0.980. The molecule has 2 aliphatic heterocycles. The zero-order chi connectivity index (χ0) is 12.4. The first-order chi connectivity index (χ1) is 8.09. The molecule has 96 valence electrons. The van der Waals surface area contributed by atoms with Crippen molar-refractivity contribution in [3.05, 3.63) is 0 Å². The van der Waals surface area contributed by atoms with Crippen LogP contribution in [0.3, 0.4) is 0 Å². The normalized spacial score (nSPS) is 30.4. The second kappa shape index (κ2) is 5.12. The highest BCUT2D eigenvalue weighted by atomic mass is 16.5. The van der Waals surface area contributed by atoms with Crippen LogP contribution in [0.25, 0.3) is 0 Å². The highest BCUT2D eigenvalue weighted by Gasteiger charge is 2.39. The van der Waals surface area contributed by atoms with Crippen molar-refractivity contribution >= 4 is 11.8 Å². The molecule has 0 aromatic heterocycles. The smallest absolute Gasteiger partial charge is 0.246 e. The number of nitrogens with one attached hydrogen (secondary N) is 1. The fourth-order valence-corrected chi connectivity index (χ4v) is 2.27. The lowest BCUT2D eigenvalue weighted by atomic mass is 10.2. The number of amides is 2. The van der Waals surface area contributed by atoms with E-state index in [1.54, 1.807) is 0 Å². The van der Waals surface area contributed by atoms with Crippen molar-refractivity contribution in [1.29, 1.82) is 0 Å². The quantitative estimate of drug-likeness (QED) is 0.620. The van der Waals surface area contributed by atoms with Gasteiger partial charge in [-0.15, -0.1) is 0 Å². The molecule has 1 N–H and O–H groups in total. The molecule has 2 saturated heterocycles. The number of imide groups is 1. The maximum absolute atomic E-state index is 11.8. The molecule has 2 aliphatic rings. The second-order valence-corrected chi connectivity index (χ2v) is 4.65. The highest BCUT2D eigenvalue weighted by molar-refractivity contribution is 6.05. The molecule has 2 rings (SSSR count).